The fourth-order valence-corrected chi connectivity index (χ4v) is 4.41. The average molecular weight is 433 g/mol. The van der Waals surface area contributed by atoms with E-state index in [-0.39, 0.29) is 6.04 Å². The molecule has 6 heteroatoms. The van der Waals surface area contributed by atoms with Crippen molar-refractivity contribution in [2.24, 2.45) is 0 Å². The van der Waals surface area contributed by atoms with Crippen LogP contribution in [-0.4, -0.2) is 40.9 Å². The van der Waals surface area contributed by atoms with Gasteiger partial charge in [0.2, 0.25) is 0 Å². The molecule has 2 aromatic carbocycles. The number of fused-ring (bicyclic) bond motifs is 1. The molecule has 0 aliphatic carbocycles. The van der Waals surface area contributed by atoms with E-state index in [9.17, 15) is 0 Å². The lowest BCUT2D eigenvalue weighted by Gasteiger charge is -2.41. The highest BCUT2D eigenvalue weighted by atomic mass is 15.3. The van der Waals surface area contributed by atoms with E-state index >= 15 is 0 Å². The number of nitriles is 1. The van der Waals surface area contributed by atoms with Crippen LogP contribution in [0.3, 0.4) is 0 Å². The van der Waals surface area contributed by atoms with Crippen LogP contribution in [0.2, 0.25) is 0 Å². The van der Waals surface area contributed by atoms with Gasteiger partial charge < -0.3 is 9.80 Å². The van der Waals surface area contributed by atoms with E-state index in [2.05, 4.69) is 86.2 Å². The SMILES string of the molecule is C=C[C@H]1CN(c2nnc(Cc3ccccc3)c3ccccc23)CCN1c1ccc(C#N)cn1. The lowest BCUT2D eigenvalue weighted by Crippen LogP contribution is -2.53. The molecule has 1 aliphatic heterocycles. The molecule has 162 valence electrons. The van der Waals surface area contributed by atoms with Crippen LogP contribution < -0.4 is 9.80 Å². The summed E-state index contributed by atoms with van der Waals surface area (Å²) >= 11 is 0. The first-order valence-electron chi connectivity index (χ1n) is 11.1. The summed E-state index contributed by atoms with van der Waals surface area (Å²) in [6.07, 6.45) is 4.32. The van der Waals surface area contributed by atoms with Crippen molar-refractivity contribution in [2.45, 2.75) is 12.5 Å². The normalized spacial score (nSPS) is 15.9. The van der Waals surface area contributed by atoms with Crippen LogP contribution in [0, 0.1) is 11.3 Å². The molecule has 0 N–H and O–H groups in total. The zero-order chi connectivity index (χ0) is 22.6. The molecule has 33 heavy (non-hydrogen) atoms. The number of aromatic nitrogens is 3. The summed E-state index contributed by atoms with van der Waals surface area (Å²) < 4.78 is 0. The standard InChI is InChI=1S/C27H24N6/c1-2-22-19-32(14-15-33(22)26-13-12-21(17-28)18-29-26)27-24-11-7-6-10-23(24)25(30-31-27)16-20-8-4-3-5-9-20/h2-13,18,22H,1,14-16,19H2/t22-/m0/s1. The molecule has 0 amide bonds. The maximum atomic E-state index is 9.05. The van der Waals surface area contributed by atoms with Gasteiger partial charge >= 0.3 is 0 Å². The molecule has 0 spiro atoms. The van der Waals surface area contributed by atoms with Gasteiger partial charge in [0.05, 0.1) is 17.3 Å². The molecular weight excluding hydrogens is 408 g/mol. The van der Waals surface area contributed by atoms with Gasteiger partial charge in [0.15, 0.2) is 5.82 Å². The molecular formula is C27H24N6. The molecule has 0 bridgehead atoms. The van der Waals surface area contributed by atoms with Crippen LogP contribution in [0.4, 0.5) is 11.6 Å². The van der Waals surface area contributed by atoms with Crippen LogP contribution in [0.1, 0.15) is 16.8 Å². The van der Waals surface area contributed by atoms with Crippen LogP contribution in [0.5, 0.6) is 0 Å². The molecule has 0 saturated carbocycles. The zero-order valence-electron chi connectivity index (χ0n) is 18.3. The van der Waals surface area contributed by atoms with E-state index in [1.54, 1.807) is 12.3 Å². The third-order valence-corrected chi connectivity index (χ3v) is 6.12. The van der Waals surface area contributed by atoms with Gasteiger partial charge in [-0.1, -0.05) is 60.7 Å². The van der Waals surface area contributed by atoms with Crippen molar-refractivity contribution in [3.05, 3.63) is 102 Å². The Morgan fingerprint density at radius 2 is 1.76 bits per heavy atom. The number of benzene rings is 2. The molecule has 6 nitrogen and oxygen atoms in total. The van der Waals surface area contributed by atoms with Gasteiger partial charge in [-0.15, -0.1) is 11.7 Å². The van der Waals surface area contributed by atoms with E-state index in [4.69, 9.17) is 5.26 Å². The Labute approximate surface area is 193 Å². The third kappa shape index (κ3) is 4.13. The zero-order valence-corrected chi connectivity index (χ0v) is 18.3. The fourth-order valence-electron chi connectivity index (χ4n) is 4.41. The van der Waals surface area contributed by atoms with Crippen LogP contribution in [0.15, 0.2) is 85.6 Å². The molecule has 0 radical (unpaired) electrons. The predicted octanol–water partition coefficient (Wildman–Crippen LogP) is 4.37. The Kier molecular flexibility index (Phi) is 5.69. The minimum absolute atomic E-state index is 0.0729. The first kappa shape index (κ1) is 20.7. The lowest BCUT2D eigenvalue weighted by molar-refractivity contribution is 0.575. The maximum absolute atomic E-state index is 9.05. The largest absolute Gasteiger partial charge is 0.350 e. The molecule has 1 fully saturated rings. The highest BCUT2D eigenvalue weighted by molar-refractivity contribution is 5.93. The smallest absolute Gasteiger partial charge is 0.159 e. The van der Waals surface area contributed by atoms with Gasteiger partial charge in [-0.25, -0.2) is 4.98 Å². The molecule has 1 atom stereocenters. The van der Waals surface area contributed by atoms with Crippen LogP contribution >= 0.6 is 0 Å². The van der Waals surface area contributed by atoms with Crippen molar-refractivity contribution in [3.63, 3.8) is 0 Å². The number of hydrogen-bond donors (Lipinski definition) is 0. The van der Waals surface area contributed by atoms with E-state index in [0.717, 1.165) is 54.2 Å². The monoisotopic (exact) mass is 432 g/mol. The Balaban J connectivity index is 1.43. The molecule has 1 saturated heterocycles. The van der Waals surface area contributed by atoms with Gasteiger partial charge in [0.25, 0.3) is 0 Å². The lowest BCUT2D eigenvalue weighted by atomic mass is 10.0. The van der Waals surface area contributed by atoms with Crippen molar-refractivity contribution in [1.82, 2.24) is 15.2 Å². The average Bonchev–Trinajstić information content (AvgIpc) is 2.89. The number of rotatable bonds is 5. The minimum Gasteiger partial charge on any atom is -0.350 e. The van der Waals surface area contributed by atoms with Crippen molar-refractivity contribution >= 4 is 22.4 Å². The van der Waals surface area contributed by atoms with E-state index < -0.39 is 0 Å². The topological polar surface area (TPSA) is 68.9 Å². The van der Waals surface area contributed by atoms with Crippen molar-refractivity contribution < 1.29 is 0 Å². The second-order valence-electron chi connectivity index (χ2n) is 8.14. The molecule has 2 aromatic heterocycles. The number of anilines is 2. The molecule has 3 heterocycles. The van der Waals surface area contributed by atoms with E-state index in [0.29, 0.717) is 5.56 Å². The summed E-state index contributed by atoms with van der Waals surface area (Å²) in [5.74, 6) is 1.76. The Morgan fingerprint density at radius 1 is 0.970 bits per heavy atom. The van der Waals surface area contributed by atoms with Crippen molar-refractivity contribution in [2.75, 3.05) is 29.4 Å². The maximum Gasteiger partial charge on any atom is 0.159 e. The summed E-state index contributed by atoms with van der Waals surface area (Å²) in [5, 5.41) is 20.6. The van der Waals surface area contributed by atoms with Crippen LogP contribution in [-0.2, 0) is 6.42 Å². The molecule has 4 aromatic rings. The van der Waals surface area contributed by atoms with Gasteiger partial charge in [-0.3, -0.25) is 0 Å². The summed E-state index contributed by atoms with van der Waals surface area (Å²) in [6, 6.07) is 24.7. The Morgan fingerprint density at radius 3 is 2.48 bits per heavy atom. The first-order valence-corrected chi connectivity index (χ1v) is 11.1. The summed E-state index contributed by atoms with van der Waals surface area (Å²) in [5.41, 5.74) is 2.77. The molecule has 0 unspecified atom stereocenters. The van der Waals surface area contributed by atoms with E-state index in [1.807, 2.05) is 18.2 Å². The number of pyridine rings is 1. The highest BCUT2D eigenvalue weighted by Gasteiger charge is 2.28. The summed E-state index contributed by atoms with van der Waals surface area (Å²) in [6.45, 7) is 6.37. The van der Waals surface area contributed by atoms with Gasteiger partial charge in [-0.2, -0.15) is 10.4 Å². The number of hydrogen-bond acceptors (Lipinski definition) is 6. The quantitative estimate of drug-likeness (QED) is 0.436. The second kappa shape index (κ2) is 9.09. The number of piperazine rings is 1. The number of nitrogens with zero attached hydrogens (tertiary/aromatic N) is 6. The predicted molar refractivity (Wildman–Crippen MR) is 131 cm³/mol. The Bertz CT molecular complexity index is 1310. The van der Waals surface area contributed by atoms with E-state index in [1.165, 1.54) is 5.56 Å². The van der Waals surface area contributed by atoms with Gasteiger partial charge in [0, 0.05) is 43.0 Å². The Hall–Kier alpha value is -4.24. The fraction of sp³-hybridized carbons (Fsp3) is 0.185. The minimum atomic E-state index is 0.0729. The summed E-state index contributed by atoms with van der Waals surface area (Å²) in [7, 11) is 0. The third-order valence-electron chi connectivity index (χ3n) is 6.12. The van der Waals surface area contributed by atoms with Crippen LogP contribution in [0.25, 0.3) is 10.8 Å². The molecule has 1 aliphatic rings. The van der Waals surface area contributed by atoms with Gasteiger partial charge in [-0.05, 0) is 17.7 Å². The first-order chi connectivity index (χ1) is 16.3. The van der Waals surface area contributed by atoms with Gasteiger partial charge in [0.1, 0.15) is 11.9 Å². The highest BCUT2D eigenvalue weighted by Crippen LogP contribution is 2.29. The van der Waals surface area contributed by atoms with Crippen molar-refractivity contribution in [3.8, 4) is 6.07 Å². The second-order valence-corrected chi connectivity index (χ2v) is 8.14. The van der Waals surface area contributed by atoms with Crippen molar-refractivity contribution in [1.29, 1.82) is 5.26 Å². The molecule has 5 rings (SSSR count). The summed E-state index contributed by atoms with van der Waals surface area (Å²) in [4.78, 5) is 8.99.